The summed E-state index contributed by atoms with van der Waals surface area (Å²) in [6.07, 6.45) is 1.80. The van der Waals surface area contributed by atoms with Gasteiger partial charge in [-0.3, -0.25) is 13.9 Å². The Hall–Kier alpha value is -2.49. The summed E-state index contributed by atoms with van der Waals surface area (Å²) in [4.78, 5) is 28.2. The summed E-state index contributed by atoms with van der Waals surface area (Å²) in [5.74, 6) is -0.00990. The molecule has 2 rings (SSSR count). The Morgan fingerprint density at radius 2 is 1.76 bits per heavy atom. The van der Waals surface area contributed by atoms with Gasteiger partial charge in [-0.25, -0.2) is 8.42 Å². The maximum Gasteiger partial charge on any atom is 0.243 e. The van der Waals surface area contributed by atoms with Gasteiger partial charge in [0.1, 0.15) is 11.8 Å². The predicted octanol–water partition coefficient (Wildman–Crippen LogP) is 5.27. The Bertz CT molecular complexity index is 1230. The number of carbonyl (C=O) groups is 2. The molecule has 11 heteroatoms. The average molecular weight is 587 g/mol. The van der Waals surface area contributed by atoms with E-state index in [1.54, 1.807) is 42.5 Å². The molecule has 8 nitrogen and oxygen atoms in total. The van der Waals surface area contributed by atoms with E-state index in [2.05, 4.69) is 5.32 Å². The molecule has 1 N–H and O–H groups in total. The van der Waals surface area contributed by atoms with Crippen molar-refractivity contribution in [3.8, 4) is 5.75 Å². The third-order valence-electron chi connectivity index (χ3n) is 5.71. The monoisotopic (exact) mass is 585 g/mol. The number of anilines is 1. The first-order chi connectivity index (χ1) is 17.7. The summed E-state index contributed by atoms with van der Waals surface area (Å²) in [6.45, 7) is 7.71. The van der Waals surface area contributed by atoms with Gasteiger partial charge in [0.25, 0.3) is 0 Å². The summed E-state index contributed by atoms with van der Waals surface area (Å²) < 4.78 is 31.5. The Morgan fingerprint density at radius 1 is 1.08 bits per heavy atom. The lowest BCUT2D eigenvalue weighted by Crippen LogP contribution is -2.53. The van der Waals surface area contributed by atoms with E-state index in [9.17, 15) is 18.0 Å². The number of benzene rings is 2. The fraction of sp³-hybridized carbons (Fsp3) is 0.481. The first kappa shape index (κ1) is 31.7. The van der Waals surface area contributed by atoms with Crippen LogP contribution in [0, 0.1) is 0 Å². The zero-order chi connectivity index (χ0) is 28.7. The standard InChI is InChI=1S/C27H37Cl2N3O5S/c1-7-24(26(34)30-27(2,3)4)31(18-19-13-14-22(28)23(29)16-19)25(33)12-9-15-32(38(6,35)36)20-10-8-11-21(17-20)37-5/h8,10-11,13-14,16-17,24H,7,9,12,15,18H2,1-6H3,(H,30,34)/t24-/m0/s1. The summed E-state index contributed by atoms with van der Waals surface area (Å²) in [6, 6.07) is 11.1. The van der Waals surface area contributed by atoms with Crippen LogP contribution >= 0.6 is 23.2 Å². The van der Waals surface area contributed by atoms with Crippen LogP contribution in [0.2, 0.25) is 10.0 Å². The molecule has 0 aliphatic rings. The van der Waals surface area contributed by atoms with Gasteiger partial charge in [0, 0.05) is 31.1 Å². The fourth-order valence-corrected chi connectivity index (χ4v) is 5.25. The second-order valence-electron chi connectivity index (χ2n) is 10.1. The summed E-state index contributed by atoms with van der Waals surface area (Å²) in [7, 11) is -2.11. The largest absolute Gasteiger partial charge is 0.497 e. The van der Waals surface area contributed by atoms with Crippen LogP contribution in [-0.2, 0) is 26.2 Å². The number of hydrogen-bond donors (Lipinski definition) is 1. The maximum absolute atomic E-state index is 13.5. The van der Waals surface area contributed by atoms with Gasteiger partial charge in [0.2, 0.25) is 21.8 Å². The highest BCUT2D eigenvalue weighted by atomic mass is 35.5. The quantitative estimate of drug-likeness (QED) is 0.366. The van der Waals surface area contributed by atoms with E-state index in [1.165, 1.54) is 16.3 Å². The highest BCUT2D eigenvalue weighted by molar-refractivity contribution is 7.92. The van der Waals surface area contributed by atoms with Gasteiger partial charge in [-0.05, 0) is 63.4 Å². The van der Waals surface area contributed by atoms with Crippen molar-refractivity contribution < 1.29 is 22.7 Å². The first-order valence-electron chi connectivity index (χ1n) is 12.3. The van der Waals surface area contributed by atoms with Crippen molar-refractivity contribution in [1.29, 1.82) is 0 Å². The Balaban J connectivity index is 2.28. The van der Waals surface area contributed by atoms with Crippen LogP contribution in [0.25, 0.3) is 0 Å². The smallest absolute Gasteiger partial charge is 0.243 e. The van der Waals surface area contributed by atoms with Crippen molar-refractivity contribution in [3.63, 3.8) is 0 Å². The molecule has 2 aromatic carbocycles. The van der Waals surface area contributed by atoms with Crippen molar-refractivity contribution in [2.45, 2.75) is 65.1 Å². The summed E-state index contributed by atoms with van der Waals surface area (Å²) >= 11 is 12.3. The molecular formula is C27H37Cl2N3O5S. The Morgan fingerprint density at radius 3 is 2.32 bits per heavy atom. The maximum atomic E-state index is 13.5. The number of nitrogens with zero attached hydrogens (tertiary/aromatic N) is 2. The molecule has 0 heterocycles. The number of methoxy groups -OCH3 is 1. The molecule has 0 spiro atoms. The van der Waals surface area contributed by atoms with Gasteiger partial charge in [-0.15, -0.1) is 0 Å². The van der Waals surface area contributed by atoms with Crippen LogP contribution in [0.4, 0.5) is 5.69 Å². The molecule has 210 valence electrons. The molecule has 0 fully saturated rings. The first-order valence-corrected chi connectivity index (χ1v) is 14.9. The van der Waals surface area contributed by atoms with E-state index >= 15 is 0 Å². The third kappa shape index (κ3) is 9.36. The topological polar surface area (TPSA) is 96.0 Å². The Labute approximate surface area is 236 Å². The van der Waals surface area contributed by atoms with Gasteiger partial charge in [0.15, 0.2) is 0 Å². The lowest BCUT2D eigenvalue weighted by molar-refractivity contribution is -0.142. The molecule has 0 aromatic heterocycles. The van der Waals surface area contributed by atoms with E-state index in [0.717, 1.165) is 11.8 Å². The van der Waals surface area contributed by atoms with Gasteiger partial charge in [0.05, 0.1) is 29.1 Å². The third-order valence-corrected chi connectivity index (χ3v) is 7.65. The lowest BCUT2D eigenvalue weighted by atomic mass is 10.0. The average Bonchev–Trinajstić information content (AvgIpc) is 2.81. The number of ether oxygens (including phenoxy) is 1. The molecule has 0 aliphatic heterocycles. The second-order valence-corrected chi connectivity index (χ2v) is 12.8. The van der Waals surface area contributed by atoms with E-state index < -0.39 is 21.6 Å². The van der Waals surface area contributed by atoms with Crippen LogP contribution in [-0.4, -0.2) is 56.6 Å². The van der Waals surface area contributed by atoms with Crippen LogP contribution in [0.3, 0.4) is 0 Å². The number of nitrogens with one attached hydrogen (secondary N) is 1. The fourth-order valence-electron chi connectivity index (χ4n) is 3.98. The summed E-state index contributed by atoms with van der Waals surface area (Å²) in [5.41, 5.74) is 0.696. The minimum atomic E-state index is -3.61. The molecule has 2 aromatic rings. The van der Waals surface area contributed by atoms with Gasteiger partial charge >= 0.3 is 0 Å². The lowest BCUT2D eigenvalue weighted by Gasteiger charge is -2.33. The van der Waals surface area contributed by atoms with Gasteiger partial charge in [-0.1, -0.05) is 42.3 Å². The highest BCUT2D eigenvalue weighted by Gasteiger charge is 2.31. The minimum Gasteiger partial charge on any atom is -0.497 e. The molecule has 1 atom stereocenters. The van der Waals surface area contributed by atoms with Gasteiger partial charge < -0.3 is 15.0 Å². The molecule has 0 saturated carbocycles. The number of halogens is 2. The predicted molar refractivity (Wildman–Crippen MR) is 153 cm³/mol. The SMILES string of the molecule is CC[C@@H](C(=O)NC(C)(C)C)N(Cc1ccc(Cl)c(Cl)c1)C(=O)CCCN(c1cccc(OC)c1)S(C)(=O)=O. The van der Waals surface area contributed by atoms with Crippen molar-refractivity contribution >= 4 is 50.7 Å². The van der Waals surface area contributed by atoms with Crippen molar-refractivity contribution in [2.75, 3.05) is 24.2 Å². The zero-order valence-corrected chi connectivity index (χ0v) is 25.1. The molecule has 0 aliphatic carbocycles. The molecule has 0 radical (unpaired) electrons. The van der Waals surface area contributed by atoms with Crippen molar-refractivity contribution in [2.24, 2.45) is 0 Å². The van der Waals surface area contributed by atoms with Crippen LogP contribution in [0.15, 0.2) is 42.5 Å². The highest BCUT2D eigenvalue weighted by Crippen LogP contribution is 2.26. The number of hydrogen-bond acceptors (Lipinski definition) is 5. The van der Waals surface area contributed by atoms with Crippen LogP contribution < -0.4 is 14.4 Å². The number of rotatable bonds is 12. The van der Waals surface area contributed by atoms with E-state index in [0.29, 0.717) is 27.9 Å². The molecule has 0 bridgehead atoms. The van der Waals surface area contributed by atoms with Crippen LogP contribution in [0.5, 0.6) is 5.75 Å². The number of carbonyl (C=O) groups excluding carboxylic acids is 2. The van der Waals surface area contributed by atoms with E-state index in [1.807, 2.05) is 27.7 Å². The molecule has 38 heavy (non-hydrogen) atoms. The zero-order valence-electron chi connectivity index (χ0n) is 22.8. The van der Waals surface area contributed by atoms with E-state index in [4.69, 9.17) is 27.9 Å². The summed E-state index contributed by atoms with van der Waals surface area (Å²) in [5, 5.41) is 3.70. The second kappa shape index (κ2) is 13.5. The molecule has 0 saturated heterocycles. The van der Waals surface area contributed by atoms with Crippen molar-refractivity contribution in [1.82, 2.24) is 10.2 Å². The van der Waals surface area contributed by atoms with Crippen molar-refractivity contribution in [3.05, 3.63) is 58.1 Å². The van der Waals surface area contributed by atoms with Crippen LogP contribution in [0.1, 0.15) is 52.5 Å². The number of amides is 2. The molecular weight excluding hydrogens is 549 g/mol. The minimum absolute atomic E-state index is 0.0383. The number of sulfonamides is 1. The Kier molecular flexibility index (Phi) is 11.3. The van der Waals surface area contributed by atoms with Gasteiger partial charge in [-0.2, -0.15) is 0 Å². The molecule has 2 amide bonds. The normalized spacial score (nSPS) is 12.5. The molecule has 0 unspecified atom stereocenters. The van der Waals surface area contributed by atoms with E-state index in [-0.39, 0.29) is 37.7 Å².